The molecular weight excluding hydrogens is 168 g/mol. The molecule has 1 aromatic heterocycles. The minimum Gasteiger partial charge on any atom is -0.479 e. The molecule has 4 heteroatoms. The highest BCUT2D eigenvalue weighted by Gasteiger charge is 2.33. The van der Waals surface area contributed by atoms with E-state index in [1.165, 1.54) is 0 Å². The van der Waals surface area contributed by atoms with E-state index in [1.807, 2.05) is 6.92 Å². The number of carbonyl (C=O) groups is 1. The van der Waals surface area contributed by atoms with Crippen molar-refractivity contribution >= 4 is 5.97 Å². The van der Waals surface area contributed by atoms with Crippen LogP contribution in [0.2, 0.25) is 0 Å². The van der Waals surface area contributed by atoms with Crippen LogP contribution in [0.4, 0.5) is 0 Å². The fourth-order valence-electron chi connectivity index (χ4n) is 1.32. The zero-order chi connectivity index (χ0) is 10.1. The van der Waals surface area contributed by atoms with E-state index >= 15 is 0 Å². The van der Waals surface area contributed by atoms with E-state index < -0.39 is 11.5 Å². The average molecular weight is 182 g/mol. The zero-order valence-electron chi connectivity index (χ0n) is 8.11. The summed E-state index contributed by atoms with van der Waals surface area (Å²) in [7, 11) is 0. The third-order valence-corrected chi connectivity index (χ3v) is 2.51. The van der Waals surface area contributed by atoms with Gasteiger partial charge in [-0.25, -0.2) is 9.78 Å². The number of hydrogen-bond acceptors (Lipinski definition) is 2. The molecule has 0 aliphatic rings. The van der Waals surface area contributed by atoms with Crippen molar-refractivity contribution in [2.24, 2.45) is 0 Å². The van der Waals surface area contributed by atoms with Gasteiger partial charge in [-0.15, -0.1) is 0 Å². The topological polar surface area (TPSA) is 55.1 Å². The molecular formula is C9H14N2O2. The largest absolute Gasteiger partial charge is 0.479 e. The van der Waals surface area contributed by atoms with Gasteiger partial charge in [0.15, 0.2) is 0 Å². The molecule has 1 unspecified atom stereocenters. The monoisotopic (exact) mass is 182 g/mol. The maximum atomic E-state index is 11.1. The Morgan fingerprint density at radius 1 is 1.77 bits per heavy atom. The first kappa shape index (κ1) is 9.77. The van der Waals surface area contributed by atoms with Crippen molar-refractivity contribution in [2.75, 3.05) is 0 Å². The van der Waals surface area contributed by atoms with Gasteiger partial charge >= 0.3 is 5.97 Å². The van der Waals surface area contributed by atoms with Crippen LogP contribution in [0.3, 0.4) is 0 Å². The van der Waals surface area contributed by atoms with Crippen LogP contribution in [-0.4, -0.2) is 20.6 Å². The van der Waals surface area contributed by atoms with Crippen molar-refractivity contribution in [3.8, 4) is 0 Å². The molecule has 0 saturated heterocycles. The first-order valence-electron chi connectivity index (χ1n) is 4.26. The summed E-state index contributed by atoms with van der Waals surface area (Å²) in [4.78, 5) is 15.1. The van der Waals surface area contributed by atoms with Crippen LogP contribution in [0, 0.1) is 6.92 Å². The lowest BCUT2D eigenvalue weighted by atomic mass is 9.99. The van der Waals surface area contributed by atoms with Crippen LogP contribution >= 0.6 is 0 Å². The molecule has 1 N–H and O–H groups in total. The first-order valence-corrected chi connectivity index (χ1v) is 4.26. The van der Waals surface area contributed by atoms with Crippen LogP contribution in [0.25, 0.3) is 0 Å². The first-order chi connectivity index (χ1) is 6.02. The maximum absolute atomic E-state index is 11.1. The van der Waals surface area contributed by atoms with Gasteiger partial charge in [-0.3, -0.25) is 0 Å². The number of aliphatic carboxylic acids is 1. The minimum absolute atomic E-state index is 0.541. The van der Waals surface area contributed by atoms with Gasteiger partial charge in [0.05, 0.1) is 0 Å². The van der Waals surface area contributed by atoms with Crippen LogP contribution in [-0.2, 0) is 10.3 Å². The normalized spacial score (nSPS) is 15.3. The van der Waals surface area contributed by atoms with Crippen molar-refractivity contribution < 1.29 is 9.90 Å². The maximum Gasteiger partial charge on any atom is 0.329 e. The van der Waals surface area contributed by atoms with Crippen LogP contribution in [0.1, 0.15) is 26.1 Å². The molecule has 0 spiro atoms. The highest BCUT2D eigenvalue weighted by molar-refractivity contribution is 5.76. The lowest BCUT2D eigenvalue weighted by Gasteiger charge is -2.26. The third-order valence-electron chi connectivity index (χ3n) is 2.51. The molecule has 0 aliphatic carbocycles. The predicted octanol–water partition coefficient (Wildman–Crippen LogP) is 1.40. The van der Waals surface area contributed by atoms with Gasteiger partial charge in [0.25, 0.3) is 0 Å². The molecule has 4 nitrogen and oxygen atoms in total. The van der Waals surface area contributed by atoms with Crippen molar-refractivity contribution in [3.05, 3.63) is 18.2 Å². The highest BCUT2D eigenvalue weighted by atomic mass is 16.4. The Bertz CT molecular complexity index is 319. The Morgan fingerprint density at radius 3 is 2.69 bits per heavy atom. The molecule has 0 radical (unpaired) electrons. The summed E-state index contributed by atoms with van der Waals surface area (Å²) < 4.78 is 1.69. The van der Waals surface area contributed by atoms with E-state index in [0.717, 1.165) is 5.82 Å². The predicted molar refractivity (Wildman–Crippen MR) is 48.5 cm³/mol. The van der Waals surface area contributed by atoms with Gasteiger partial charge in [-0.05, 0) is 20.3 Å². The molecule has 1 atom stereocenters. The Labute approximate surface area is 77.2 Å². The molecule has 0 bridgehead atoms. The van der Waals surface area contributed by atoms with E-state index in [9.17, 15) is 4.79 Å². The number of hydrogen-bond donors (Lipinski definition) is 1. The summed E-state index contributed by atoms with van der Waals surface area (Å²) in [5, 5.41) is 9.08. The lowest BCUT2D eigenvalue weighted by molar-refractivity contribution is -0.146. The smallest absolute Gasteiger partial charge is 0.329 e. The number of nitrogens with zero attached hydrogens (tertiary/aromatic N) is 2. The van der Waals surface area contributed by atoms with E-state index in [-0.39, 0.29) is 0 Å². The number of aryl methyl sites for hydroxylation is 1. The average Bonchev–Trinajstić information content (AvgIpc) is 2.50. The summed E-state index contributed by atoms with van der Waals surface area (Å²) in [5.41, 5.74) is -0.874. The number of carboxylic acids is 1. The number of carboxylic acid groups (broad SMARTS) is 1. The fourth-order valence-corrected chi connectivity index (χ4v) is 1.32. The van der Waals surface area contributed by atoms with Gasteiger partial charge in [0.2, 0.25) is 0 Å². The summed E-state index contributed by atoms with van der Waals surface area (Å²) >= 11 is 0. The molecule has 0 amide bonds. The Morgan fingerprint density at radius 2 is 2.38 bits per heavy atom. The SMILES string of the molecule is CCC(C)(C(=O)O)n1ccnc1C. The van der Waals surface area contributed by atoms with Gasteiger partial charge in [0, 0.05) is 12.4 Å². The van der Waals surface area contributed by atoms with Crippen molar-refractivity contribution in [1.82, 2.24) is 9.55 Å². The highest BCUT2D eigenvalue weighted by Crippen LogP contribution is 2.21. The van der Waals surface area contributed by atoms with Gasteiger partial charge in [-0.2, -0.15) is 0 Å². The van der Waals surface area contributed by atoms with E-state index in [0.29, 0.717) is 6.42 Å². The van der Waals surface area contributed by atoms with Crippen molar-refractivity contribution in [1.29, 1.82) is 0 Å². The van der Waals surface area contributed by atoms with Gasteiger partial charge in [-0.1, -0.05) is 6.92 Å². The summed E-state index contributed by atoms with van der Waals surface area (Å²) in [6.45, 7) is 5.36. The van der Waals surface area contributed by atoms with Crippen LogP contribution < -0.4 is 0 Å². The standard InChI is InChI=1S/C9H14N2O2/c1-4-9(3,8(12)13)11-6-5-10-7(11)2/h5-6H,4H2,1-3H3,(H,12,13). The second-order valence-corrected chi connectivity index (χ2v) is 3.28. The molecule has 72 valence electrons. The molecule has 1 heterocycles. The van der Waals surface area contributed by atoms with Gasteiger partial charge < -0.3 is 9.67 Å². The summed E-state index contributed by atoms with van der Waals surface area (Å²) in [6, 6.07) is 0. The Hall–Kier alpha value is -1.32. The Balaban J connectivity index is 3.17. The molecule has 0 aromatic carbocycles. The van der Waals surface area contributed by atoms with Gasteiger partial charge in [0.1, 0.15) is 11.4 Å². The molecule has 13 heavy (non-hydrogen) atoms. The van der Waals surface area contributed by atoms with Crippen molar-refractivity contribution in [3.63, 3.8) is 0 Å². The number of imidazole rings is 1. The van der Waals surface area contributed by atoms with Crippen molar-refractivity contribution in [2.45, 2.75) is 32.7 Å². The fraction of sp³-hybridized carbons (Fsp3) is 0.556. The van der Waals surface area contributed by atoms with E-state index in [2.05, 4.69) is 4.98 Å². The quantitative estimate of drug-likeness (QED) is 0.768. The molecule has 1 aromatic rings. The minimum atomic E-state index is -0.874. The molecule has 0 saturated carbocycles. The number of rotatable bonds is 3. The molecule has 1 rings (SSSR count). The number of aromatic nitrogens is 2. The second-order valence-electron chi connectivity index (χ2n) is 3.28. The van der Waals surface area contributed by atoms with E-state index in [4.69, 9.17) is 5.11 Å². The van der Waals surface area contributed by atoms with E-state index in [1.54, 1.807) is 30.8 Å². The Kier molecular flexibility index (Phi) is 2.40. The summed E-state index contributed by atoms with van der Waals surface area (Å²) in [5.74, 6) is -0.0946. The molecule has 0 fully saturated rings. The second kappa shape index (κ2) is 3.20. The van der Waals surface area contributed by atoms with Crippen LogP contribution in [0.15, 0.2) is 12.4 Å². The molecule has 0 aliphatic heterocycles. The van der Waals surface area contributed by atoms with Crippen LogP contribution in [0.5, 0.6) is 0 Å². The third kappa shape index (κ3) is 1.43. The zero-order valence-corrected chi connectivity index (χ0v) is 8.11. The summed E-state index contributed by atoms with van der Waals surface area (Å²) in [6.07, 6.45) is 3.86. The lowest BCUT2D eigenvalue weighted by Crippen LogP contribution is -2.38.